The minimum absolute atomic E-state index is 0. The Hall–Kier alpha value is -5.81. The molecule has 0 aromatic heterocycles. The first kappa shape index (κ1) is 99.5. The van der Waals surface area contributed by atoms with E-state index in [4.69, 9.17) is 2.56 Å². The summed E-state index contributed by atoms with van der Waals surface area (Å²) >= 11 is 0. The fraction of sp³-hybridized carbons (Fsp3) is 0.392. The quantitative estimate of drug-likeness (QED) is 0.133. The van der Waals surface area contributed by atoms with Gasteiger partial charge < -0.3 is 0 Å². The standard InChI is InChI=1S/8C7H8.11C2H6.CH4.H3P/c8*1-7-5-3-2-4-6-7;11*1-2;;/h8*2-6H,1H3;11*1-2H3;1H4;1H3/i;;;;;;;;;;;;;;;;;;;;1D2. The van der Waals surface area contributed by atoms with Gasteiger partial charge in [-0.05, 0) is 55.4 Å². The van der Waals surface area contributed by atoms with E-state index in [-0.39, 0.29) is 7.43 Å². The number of hydrogen-bond acceptors (Lipinski definition) is 0. The number of aryl methyl sites for hydroxylation is 8. The van der Waals surface area contributed by atoms with Crippen LogP contribution in [0.25, 0.3) is 0 Å². The Morgan fingerprint density at radius 2 is 0.212 bits per heavy atom. The Bertz CT molecular complexity index is 1530. The first-order chi connectivity index (χ1) is 39.6. The maximum atomic E-state index is 5.90. The largest absolute Gasteiger partial charge is 0.153 e. The van der Waals surface area contributed by atoms with E-state index in [0.29, 0.717) is 0 Å². The molecule has 1 heteroatoms. The third-order valence-electron chi connectivity index (χ3n) is 7.52. The molecular weight excluding hydrogens is 980 g/mol. The molecule has 0 N–H and O–H groups in total. The van der Waals surface area contributed by atoms with Crippen molar-refractivity contribution in [2.45, 2.75) is 215 Å². The zero-order chi connectivity index (χ0) is 65.6. The first-order valence-corrected chi connectivity index (χ1v) is 30.3. The van der Waals surface area contributed by atoms with E-state index >= 15 is 0 Å². The van der Waals surface area contributed by atoms with Gasteiger partial charge in [0.1, 0.15) is 0 Å². The van der Waals surface area contributed by atoms with Crippen molar-refractivity contribution >= 4 is 9.79 Å². The Kier molecular flexibility index (Phi) is 140. The van der Waals surface area contributed by atoms with Gasteiger partial charge in [-0.2, -0.15) is 9.79 Å². The molecule has 0 atom stereocenters. The summed E-state index contributed by atoms with van der Waals surface area (Å²) in [4.78, 5) is 0. The summed E-state index contributed by atoms with van der Waals surface area (Å²) in [6.07, 6.45) is 0. The van der Waals surface area contributed by atoms with Gasteiger partial charge in [0.25, 0.3) is 0 Å². The molecule has 80 heavy (non-hydrogen) atoms. The van der Waals surface area contributed by atoms with E-state index < -0.39 is 9.79 Å². The van der Waals surface area contributed by atoms with Crippen molar-refractivity contribution in [3.8, 4) is 0 Å². The third-order valence-corrected chi connectivity index (χ3v) is 7.52. The summed E-state index contributed by atoms with van der Waals surface area (Å²) < 4.78 is 11.8. The lowest BCUT2D eigenvalue weighted by atomic mass is 10.2. The first-order valence-electron chi connectivity index (χ1n) is 31.3. The monoisotopic (exact) mass is 1120 g/mol. The van der Waals surface area contributed by atoms with Crippen LogP contribution in [0.4, 0.5) is 0 Å². The van der Waals surface area contributed by atoms with Crippen LogP contribution < -0.4 is 0 Å². The summed E-state index contributed by atoms with van der Waals surface area (Å²) in [5.41, 5.74) is 10.6. The van der Waals surface area contributed by atoms with E-state index in [9.17, 15) is 0 Å². The highest BCUT2D eigenvalue weighted by molar-refractivity contribution is 6.92. The summed E-state index contributed by atoms with van der Waals surface area (Å²) in [5.74, 6) is 0. The van der Waals surface area contributed by atoms with Gasteiger partial charge in [0.15, 0.2) is 0 Å². The number of hydrogen-bond donors (Lipinski definition) is 0. The van der Waals surface area contributed by atoms with Crippen LogP contribution in [0.15, 0.2) is 243 Å². The fourth-order valence-electron chi connectivity index (χ4n) is 4.28. The molecule has 0 aliphatic rings. The number of benzene rings is 8. The molecular formula is C79H137P. The van der Waals surface area contributed by atoms with Crippen LogP contribution in [0.5, 0.6) is 0 Å². The van der Waals surface area contributed by atoms with Crippen LogP contribution in [0.2, 0.25) is 0 Å². The Labute approximate surface area is 512 Å². The van der Waals surface area contributed by atoms with Gasteiger partial charge in [0.05, 0.1) is 2.56 Å². The van der Waals surface area contributed by atoms with Crippen LogP contribution in [-0.2, 0) is 0 Å². The normalized spacial score (nSPS) is 7.17. The van der Waals surface area contributed by atoms with Crippen molar-refractivity contribution < 1.29 is 0 Å². The molecule has 8 aromatic carbocycles. The van der Waals surface area contributed by atoms with Crippen molar-refractivity contribution in [3.05, 3.63) is 287 Å². The highest BCUT2D eigenvalue weighted by Gasteiger charge is 1.76. The Morgan fingerprint density at radius 3 is 0.237 bits per heavy atom. The van der Waals surface area contributed by atoms with Gasteiger partial charge in [-0.3, -0.25) is 0 Å². The van der Waals surface area contributed by atoms with Crippen molar-refractivity contribution in [1.29, 1.82) is 2.56 Å². The molecule has 8 rings (SSSR count). The molecule has 0 heterocycles. The molecule has 0 saturated heterocycles. The van der Waals surface area contributed by atoms with Crippen molar-refractivity contribution in [1.82, 2.24) is 0 Å². The smallest absolute Gasteiger partial charge is 0.0511 e. The van der Waals surface area contributed by atoms with Crippen LogP contribution in [0, 0.1) is 55.4 Å². The minimum atomic E-state index is -0.417. The molecule has 0 nitrogen and oxygen atoms in total. The topological polar surface area (TPSA) is 0 Å². The third kappa shape index (κ3) is 108. The van der Waals surface area contributed by atoms with Crippen LogP contribution in [0.1, 0.15) is 204 Å². The molecule has 458 valence electrons. The minimum Gasteiger partial charge on any atom is -0.153 e. The van der Waals surface area contributed by atoms with Crippen LogP contribution >= 0.6 is 9.79 Å². The summed E-state index contributed by atoms with van der Waals surface area (Å²) in [6, 6.07) is 82.1. The maximum absolute atomic E-state index is 5.90. The average molecular weight is 1120 g/mol. The maximum Gasteiger partial charge on any atom is 0.0511 e. The molecule has 0 radical (unpaired) electrons. The van der Waals surface area contributed by atoms with E-state index in [0.717, 1.165) is 0 Å². The van der Waals surface area contributed by atoms with Gasteiger partial charge in [-0.1, -0.05) is 447 Å². The van der Waals surface area contributed by atoms with E-state index in [1.165, 1.54) is 44.5 Å². The van der Waals surface area contributed by atoms with Crippen molar-refractivity contribution in [2.75, 3.05) is 0 Å². The van der Waals surface area contributed by atoms with Gasteiger partial charge in [0.2, 0.25) is 0 Å². The second-order valence-electron chi connectivity index (χ2n) is 13.2. The van der Waals surface area contributed by atoms with Crippen molar-refractivity contribution in [3.63, 3.8) is 0 Å². The van der Waals surface area contributed by atoms with Crippen LogP contribution in [0.3, 0.4) is 0 Å². The lowest BCUT2D eigenvalue weighted by Crippen LogP contribution is -1.62. The SMILES string of the molecule is C.CC.CC.CC.CC.CC.CC.CC.CC.CC.CC.CC.Cc1ccccc1.Cc1ccccc1.Cc1ccccc1.Cc1ccccc1.Cc1ccccc1.Cc1ccccc1.Cc1ccccc1.Cc1ccccc1.[2H]P[2H]. The summed E-state index contributed by atoms with van der Waals surface area (Å²) in [6.45, 7) is 60.7. The molecule has 0 fully saturated rings. The Balaban J connectivity index is -0.0000000570. The summed E-state index contributed by atoms with van der Waals surface area (Å²) in [5, 5.41) is 0. The molecule has 0 saturated carbocycles. The van der Waals surface area contributed by atoms with Gasteiger partial charge in [-0.25, -0.2) is 0 Å². The average Bonchev–Trinajstić information content (AvgIpc) is 3.55. The molecule has 8 aromatic rings. The molecule has 0 aliphatic carbocycles. The second kappa shape index (κ2) is 113. The van der Waals surface area contributed by atoms with E-state index in [2.05, 4.69) is 152 Å². The molecule has 0 spiro atoms. The Morgan fingerprint density at radius 1 is 0.163 bits per heavy atom. The fourth-order valence-corrected chi connectivity index (χ4v) is 4.28. The van der Waals surface area contributed by atoms with E-state index in [1.807, 2.05) is 298 Å². The summed E-state index contributed by atoms with van der Waals surface area (Å²) in [7, 11) is -0.417. The predicted molar refractivity (Wildman–Crippen MR) is 392 cm³/mol. The predicted octanol–water partition coefficient (Wildman–Crippen LogP) is 27.9. The van der Waals surface area contributed by atoms with Crippen LogP contribution in [-0.4, -0.2) is 2.56 Å². The molecule has 0 amide bonds. The molecule has 0 unspecified atom stereocenters. The zero-order valence-corrected chi connectivity index (χ0v) is 58.6. The lowest BCUT2D eigenvalue weighted by Gasteiger charge is -1.82. The highest BCUT2D eigenvalue weighted by Crippen LogP contribution is 1.96. The van der Waals surface area contributed by atoms with Crippen molar-refractivity contribution in [2.24, 2.45) is 0 Å². The van der Waals surface area contributed by atoms with Gasteiger partial charge in [0, 0.05) is 0 Å². The molecule has 0 aliphatic heterocycles. The zero-order valence-electron chi connectivity index (χ0n) is 59.6. The number of rotatable bonds is 0. The van der Waals surface area contributed by atoms with Gasteiger partial charge >= 0.3 is 0 Å². The van der Waals surface area contributed by atoms with E-state index in [1.54, 1.807) is 0 Å². The second-order valence-corrected chi connectivity index (χ2v) is 13.2. The molecule has 0 bridgehead atoms. The van der Waals surface area contributed by atoms with Gasteiger partial charge in [-0.15, -0.1) is 0 Å². The lowest BCUT2D eigenvalue weighted by molar-refractivity contribution is 1.48. The highest BCUT2D eigenvalue weighted by atomic mass is 31.0.